The number of piperazine rings is 1. The summed E-state index contributed by atoms with van der Waals surface area (Å²) in [7, 11) is 1.35. The summed E-state index contributed by atoms with van der Waals surface area (Å²) in [6.07, 6.45) is 3.30. The van der Waals surface area contributed by atoms with Crippen molar-refractivity contribution in [1.29, 1.82) is 0 Å². The molecule has 2 aromatic heterocycles. The quantitative estimate of drug-likeness (QED) is 0.601. The van der Waals surface area contributed by atoms with E-state index < -0.39 is 17.6 Å². The van der Waals surface area contributed by atoms with Gasteiger partial charge in [-0.25, -0.2) is 9.37 Å². The molecule has 10 heteroatoms. The van der Waals surface area contributed by atoms with Crippen LogP contribution < -0.4 is 25.2 Å². The van der Waals surface area contributed by atoms with Gasteiger partial charge in [-0.05, 0) is 29.8 Å². The normalized spacial score (nSPS) is 15.3. The number of fused-ring (bicyclic) bond motifs is 1. The minimum atomic E-state index is -0.696. The van der Waals surface area contributed by atoms with Crippen molar-refractivity contribution in [3.05, 3.63) is 71.4 Å². The van der Waals surface area contributed by atoms with E-state index in [1.165, 1.54) is 18.1 Å². The van der Waals surface area contributed by atoms with E-state index in [0.29, 0.717) is 11.3 Å². The Bertz CT molecular complexity index is 1260. The molecular formula is C24H23FN6O3. The monoisotopic (exact) mass is 462 g/mol. The lowest BCUT2D eigenvalue weighted by atomic mass is 10.1. The van der Waals surface area contributed by atoms with Gasteiger partial charge in [0.15, 0.2) is 11.6 Å². The van der Waals surface area contributed by atoms with E-state index in [9.17, 15) is 14.0 Å². The zero-order chi connectivity index (χ0) is 23.7. The van der Waals surface area contributed by atoms with Crippen LogP contribution in [0.4, 0.5) is 21.6 Å². The highest BCUT2D eigenvalue weighted by atomic mass is 19.1. The molecule has 0 atom stereocenters. The molecule has 0 spiro atoms. The number of carbonyl (C=O) groups is 2. The summed E-state index contributed by atoms with van der Waals surface area (Å²) < 4.78 is 19.7. The van der Waals surface area contributed by atoms with Crippen molar-refractivity contribution in [3.63, 3.8) is 0 Å². The maximum atomic E-state index is 14.7. The summed E-state index contributed by atoms with van der Waals surface area (Å²) in [5.41, 5.74) is 2.11. The lowest BCUT2D eigenvalue weighted by Crippen LogP contribution is -2.43. The topological polar surface area (TPSA) is 99.7 Å². The van der Waals surface area contributed by atoms with Crippen LogP contribution in [0.2, 0.25) is 0 Å². The molecule has 5 rings (SSSR count). The molecule has 4 heterocycles. The van der Waals surface area contributed by atoms with Crippen LogP contribution >= 0.6 is 0 Å². The third kappa shape index (κ3) is 3.92. The number of anilines is 3. The molecule has 174 valence electrons. The molecule has 3 aromatic rings. The Hall–Kier alpha value is -4.05. The lowest BCUT2D eigenvalue weighted by molar-refractivity contribution is 0.0986. The van der Waals surface area contributed by atoms with Crippen LogP contribution in [0.3, 0.4) is 0 Å². The Morgan fingerprint density at radius 3 is 2.79 bits per heavy atom. The van der Waals surface area contributed by atoms with Crippen molar-refractivity contribution in [2.75, 3.05) is 48.4 Å². The molecule has 2 aliphatic rings. The number of ether oxygens (including phenoxy) is 1. The molecular weight excluding hydrogens is 439 g/mol. The number of nitrogens with one attached hydrogen (secondary N) is 2. The Balaban J connectivity index is 1.38. The first-order valence-corrected chi connectivity index (χ1v) is 10.9. The molecule has 2 amide bonds. The molecule has 0 unspecified atom stereocenters. The van der Waals surface area contributed by atoms with E-state index in [1.807, 2.05) is 6.07 Å². The van der Waals surface area contributed by atoms with E-state index in [4.69, 9.17) is 4.74 Å². The molecule has 1 saturated heterocycles. The van der Waals surface area contributed by atoms with Gasteiger partial charge in [0.1, 0.15) is 11.5 Å². The fraction of sp³-hybridized carbons (Fsp3) is 0.250. The number of pyridine rings is 2. The van der Waals surface area contributed by atoms with Crippen LogP contribution in [-0.4, -0.2) is 55.1 Å². The number of rotatable bonds is 5. The van der Waals surface area contributed by atoms with Crippen LogP contribution in [0.25, 0.3) is 0 Å². The van der Waals surface area contributed by atoms with Gasteiger partial charge in [0.25, 0.3) is 11.8 Å². The molecule has 2 N–H and O–H groups in total. The summed E-state index contributed by atoms with van der Waals surface area (Å²) in [5, 5.41) is 6.19. The van der Waals surface area contributed by atoms with Crippen molar-refractivity contribution in [1.82, 2.24) is 15.3 Å². The van der Waals surface area contributed by atoms with Gasteiger partial charge in [0.05, 0.1) is 36.8 Å². The Morgan fingerprint density at radius 1 is 1.18 bits per heavy atom. The summed E-state index contributed by atoms with van der Waals surface area (Å²) in [6, 6.07) is 9.85. The van der Waals surface area contributed by atoms with Crippen LogP contribution in [0.5, 0.6) is 5.75 Å². The minimum absolute atomic E-state index is 0.00630. The fourth-order valence-corrected chi connectivity index (χ4v) is 4.23. The van der Waals surface area contributed by atoms with Gasteiger partial charge in [-0.15, -0.1) is 0 Å². The number of aromatic nitrogens is 2. The molecule has 0 radical (unpaired) electrons. The van der Waals surface area contributed by atoms with Crippen molar-refractivity contribution in [2.45, 2.75) is 6.54 Å². The highest BCUT2D eigenvalue weighted by molar-refractivity contribution is 6.10. The predicted molar refractivity (Wildman–Crippen MR) is 125 cm³/mol. The minimum Gasteiger partial charge on any atom is -0.494 e. The van der Waals surface area contributed by atoms with Crippen molar-refractivity contribution >= 4 is 29.0 Å². The second-order valence-electron chi connectivity index (χ2n) is 7.97. The van der Waals surface area contributed by atoms with Gasteiger partial charge in [-0.2, -0.15) is 0 Å². The maximum absolute atomic E-state index is 14.7. The molecule has 0 saturated carbocycles. The average molecular weight is 462 g/mol. The fourth-order valence-electron chi connectivity index (χ4n) is 4.23. The van der Waals surface area contributed by atoms with Crippen LogP contribution in [0, 0.1) is 5.82 Å². The van der Waals surface area contributed by atoms with E-state index in [2.05, 4.69) is 25.5 Å². The average Bonchev–Trinajstić information content (AvgIpc) is 3.22. The Labute approximate surface area is 195 Å². The van der Waals surface area contributed by atoms with Gasteiger partial charge in [-0.3, -0.25) is 19.5 Å². The maximum Gasteiger partial charge on any atom is 0.274 e. The second kappa shape index (κ2) is 9.06. The first-order chi connectivity index (χ1) is 16.6. The van der Waals surface area contributed by atoms with Crippen LogP contribution in [0.1, 0.15) is 26.4 Å². The Kier molecular flexibility index (Phi) is 5.81. The molecule has 1 aromatic carbocycles. The second-order valence-corrected chi connectivity index (χ2v) is 7.97. The number of nitrogens with zero attached hydrogens (tertiary/aromatic N) is 4. The van der Waals surface area contributed by atoms with E-state index in [1.54, 1.807) is 36.7 Å². The summed E-state index contributed by atoms with van der Waals surface area (Å²) in [5.74, 6) is -1.38. The number of hydrogen-bond acceptors (Lipinski definition) is 7. The van der Waals surface area contributed by atoms with Crippen LogP contribution in [0.15, 0.2) is 48.8 Å². The number of hydrogen-bond donors (Lipinski definition) is 2. The highest BCUT2D eigenvalue weighted by Gasteiger charge is 2.34. The van der Waals surface area contributed by atoms with Crippen molar-refractivity contribution < 1.29 is 18.7 Å². The third-order valence-corrected chi connectivity index (χ3v) is 5.95. The number of benzene rings is 1. The molecule has 0 aliphatic carbocycles. The molecule has 0 bridgehead atoms. The number of methoxy groups -OCH3 is 1. The highest BCUT2D eigenvalue weighted by Crippen LogP contribution is 2.33. The lowest BCUT2D eigenvalue weighted by Gasteiger charge is -2.30. The van der Waals surface area contributed by atoms with Crippen LogP contribution in [-0.2, 0) is 6.54 Å². The summed E-state index contributed by atoms with van der Waals surface area (Å²) >= 11 is 0. The summed E-state index contributed by atoms with van der Waals surface area (Å²) in [6.45, 7) is 3.51. The zero-order valence-corrected chi connectivity index (χ0v) is 18.5. The van der Waals surface area contributed by atoms with Gasteiger partial charge in [0, 0.05) is 32.4 Å². The first kappa shape index (κ1) is 21.8. The number of halogens is 1. The van der Waals surface area contributed by atoms with Gasteiger partial charge in [-0.1, -0.05) is 12.1 Å². The molecule has 34 heavy (non-hydrogen) atoms. The largest absolute Gasteiger partial charge is 0.494 e. The molecule has 1 fully saturated rings. The van der Waals surface area contributed by atoms with Gasteiger partial charge in [0.2, 0.25) is 0 Å². The SMILES string of the molecule is COc1ccc2c(c1F)C(=O)N(c1cccc(C(=O)Nc3cnccc3N3CCNCC3)n1)C2. The molecule has 2 aliphatic heterocycles. The predicted octanol–water partition coefficient (Wildman–Crippen LogP) is 2.45. The van der Waals surface area contributed by atoms with E-state index in [0.717, 1.165) is 31.9 Å². The van der Waals surface area contributed by atoms with Crippen molar-refractivity contribution in [2.24, 2.45) is 0 Å². The van der Waals surface area contributed by atoms with E-state index >= 15 is 0 Å². The van der Waals surface area contributed by atoms with Gasteiger partial charge < -0.3 is 20.3 Å². The van der Waals surface area contributed by atoms with Gasteiger partial charge >= 0.3 is 0 Å². The third-order valence-electron chi connectivity index (χ3n) is 5.95. The number of amides is 2. The Morgan fingerprint density at radius 2 is 2.00 bits per heavy atom. The molecule has 9 nitrogen and oxygen atoms in total. The number of carbonyl (C=O) groups excluding carboxylic acids is 2. The van der Waals surface area contributed by atoms with E-state index in [-0.39, 0.29) is 29.4 Å². The smallest absolute Gasteiger partial charge is 0.274 e. The first-order valence-electron chi connectivity index (χ1n) is 10.9. The van der Waals surface area contributed by atoms with Crippen molar-refractivity contribution in [3.8, 4) is 5.75 Å². The zero-order valence-electron chi connectivity index (χ0n) is 18.5. The standard InChI is InChI=1S/C24H23FN6O3/c1-34-19-6-5-15-14-31(24(33)21(15)22(19)25)20-4-2-3-16(28-20)23(32)29-17-13-27-8-7-18(17)30-11-9-26-10-12-30/h2-8,13,26H,9-12,14H2,1H3,(H,29,32). The summed E-state index contributed by atoms with van der Waals surface area (Å²) in [4.78, 5) is 38.1.